The number of sulfone groups is 1. The Morgan fingerprint density at radius 3 is 2.05 bits per heavy atom. The van der Waals surface area contributed by atoms with E-state index < -0.39 is 14.0 Å². The molecule has 0 fully saturated rings. The first kappa shape index (κ1) is 15.1. The van der Waals surface area contributed by atoms with Gasteiger partial charge in [0.15, 0.2) is 4.21 Å². The molecule has 0 aliphatic heterocycles. The molecule has 0 aliphatic carbocycles. The Labute approximate surface area is 125 Å². The van der Waals surface area contributed by atoms with Crippen LogP contribution in [0.25, 0.3) is 0 Å². The van der Waals surface area contributed by atoms with Gasteiger partial charge >= 0.3 is 0 Å². The number of halogens is 1. The summed E-state index contributed by atoms with van der Waals surface area (Å²) in [4.78, 5) is 0.246. The van der Waals surface area contributed by atoms with Crippen molar-refractivity contribution in [2.24, 2.45) is 0 Å². The summed E-state index contributed by atoms with van der Waals surface area (Å²) in [5, 5.41) is 0. The van der Waals surface area contributed by atoms with E-state index >= 15 is 0 Å². The summed E-state index contributed by atoms with van der Waals surface area (Å²) in [7, 11) is -3.65. The number of aryl methyl sites for hydroxylation is 1. The zero-order chi connectivity index (χ0) is 14.8. The third kappa shape index (κ3) is 2.60. The van der Waals surface area contributed by atoms with Crippen LogP contribution >= 0.6 is 11.6 Å². The zero-order valence-electron chi connectivity index (χ0n) is 11.5. The van der Waals surface area contributed by atoms with Crippen LogP contribution in [0.1, 0.15) is 25.0 Å². The fourth-order valence-corrected chi connectivity index (χ4v) is 3.79. The van der Waals surface area contributed by atoms with Gasteiger partial charge in [0.25, 0.3) is 0 Å². The number of rotatable bonds is 4. The van der Waals surface area contributed by atoms with Crippen molar-refractivity contribution >= 4 is 21.4 Å². The summed E-state index contributed by atoms with van der Waals surface area (Å²) in [5.74, 6) is 0. The Kier molecular flexibility index (Phi) is 4.21. The second-order valence-electron chi connectivity index (χ2n) is 4.78. The van der Waals surface area contributed by atoms with E-state index in [1.165, 1.54) is 6.92 Å². The van der Waals surface area contributed by atoms with Crippen molar-refractivity contribution in [1.82, 2.24) is 0 Å². The molecule has 0 heterocycles. The fourth-order valence-electron chi connectivity index (χ4n) is 2.02. The Morgan fingerprint density at radius 1 is 1.00 bits per heavy atom. The van der Waals surface area contributed by atoms with Crippen molar-refractivity contribution in [2.45, 2.75) is 29.4 Å². The van der Waals surface area contributed by atoms with Crippen LogP contribution in [0, 0.1) is 0 Å². The highest BCUT2D eigenvalue weighted by Crippen LogP contribution is 2.38. The fraction of sp³-hybridized carbons (Fsp3) is 0.250. The van der Waals surface area contributed by atoms with Gasteiger partial charge in [-0.1, -0.05) is 61.0 Å². The van der Waals surface area contributed by atoms with Gasteiger partial charge < -0.3 is 0 Å². The van der Waals surface area contributed by atoms with Crippen molar-refractivity contribution in [3.05, 3.63) is 65.7 Å². The van der Waals surface area contributed by atoms with Crippen molar-refractivity contribution in [1.29, 1.82) is 0 Å². The highest BCUT2D eigenvalue weighted by atomic mass is 35.5. The van der Waals surface area contributed by atoms with Gasteiger partial charge in [-0.15, -0.1) is 0 Å². The number of hydrogen-bond acceptors (Lipinski definition) is 2. The predicted octanol–water partition coefficient (Wildman–Crippen LogP) is 4.13. The van der Waals surface area contributed by atoms with Crippen molar-refractivity contribution < 1.29 is 8.42 Å². The van der Waals surface area contributed by atoms with E-state index in [1.54, 1.807) is 36.4 Å². The Balaban J connectivity index is 2.48. The Bertz CT molecular complexity index is 674. The molecule has 0 saturated heterocycles. The SMILES string of the molecule is CCc1ccc(S(=O)(=O)C(C)(Cl)c2ccccc2)cc1. The van der Waals surface area contributed by atoms with E-state index in [0.717, 1.165) is 12.0 Å². The first-order chi connectivity index (χ1) is 9.39. The molecule has 1 unspecified atom stereocenters. The first-order valence-electron chi connectivity index (χ1n) is 6.47. The van der Waals surface area contributed by atoms with Gasteiger partial charge in [0, 0.05) is 0 Å². The highest BCUT2D eigenvalue weighted by molar-refractivity contribution is 7.93. The summed E-state index contributed by atoms with van der Waals surface area (Å²) >= 11 is 6.37. The lowest BCUT2D eigenvalue weighted by Crippen LogP contribution is -2.26. The molecule has 0 spiro atoms. The summed E-state index contributed by atoms with van der Waals surface area (Å²) in [6.07, 6.45) is 0.872. The minimum Gasteiger partial charge on any atom is -0.222 e. The molecular weight excluding hydrogens is 292 g/mol. The second kappa shape index (κ2) is 5.58. The monoisotopic (exact) mass is 308 g/mol. The Morgan fingerprint density at radius 2 is 1.55 bits per heavy atom. The molecule has 2 rings (SSSR count). The van der Waals surface area contributed by atoms with Crippen LogP contribution in [-0.2, 0) is 20.5 Å². The topological polar surface area (TPSA) is 34.1 Å². The van der Waals surface area contributed by atoms with Gasteiger partial charge in [-0.2, -0.15) is 0 Å². The maximum atomic E-state index is 12.7. The molecular formula is C16H17ClO2S. The molecule has 0 amide bonds. The van der Waals surface area contributed by atoms with E-state index in [-0.39, 0.29) is 4.90 Å². The maximum Gasteiger partial charge on any atom is 0.201 e. The first-order valence-corrected chi connectivity index (χ1v) is 8.33. The third-order valence-electron chi connectivity index (χ3n) is 3.44. The number of alkyl halides is 1. The van der Waals surface area contributed by atoms with Crippen LogP contribution in [0.5, 0.6) is 0 Å². The largest absolute Gasteiger partial charge is 0.222 e. The highest BCUT2D eigenvalue weighted by Gasteiger charge is 2.39. The maximum absolute atomic E-state index is 12.7. The second-order valence-corrected chi connectivity index (χ2v) is 8.06. The molecule has 106 valence electrons. The van der Waals surface area contributed by atoms with Crippen molar-refractivity contribution in [2.75, 3.05) is 0 Å². The smallest absolute Gasteiger partial charge is 0.201 e. The van der Waals surface area contributed by atoms with Crippen LogP contribution in [-0.4, -0.2) is 8.42 Å². The molecule has 0 saturated carbocycles. The Hall–Kier alpha value is -1.32. The number of benzene rings is 2. The van der Waals surface area contributed by atoms with E-state index in [1.807, 2.05) is 25.1 Å². The van der Waals surface area contributed by atoms with Gasteiger partial charge in [-0.25, -0.2) is 8.42 Å². The molecule has 2 aromatic rings. The van der Waals surface area contributed by atoms with E-state index in [9.17, 15) is 8.42 Å². The average Bonchev–Trinajstić information content (AvgIpc) is 2.48. The van der Waals surface area contributed by atoms with E-state index in [2.05, 4.69) is 0 Å². The van der Waals surface area contributed by atoms with Crippen LogP contribution in [0.15, 0.2) is 59.5 Å². The minimum atomic E-state index is -3.65. The van der Waals surface area contributed by atoms with Crippen molar-refractivity contribution in [3.8, 4) is 0 Å². The molecule has 1 atom stereocenters. The van der Waals surface area contributed by atoms with Crippen LogP contribution in [0.2, 0.25) is 0 Å². The quantitative estimate of drug-likeness (QED) is 0.796. The lowest BCUT2D eigenvalue weighted by atomic mass is 10.2. The minimum absolute atomic E-state index is 0.246. The van der Waals surface area contributed by atoms with Gasteiger partial charge in [-0.3, -0.25) is 0 Å². The van der Waals surface area contributed by atoms with Crippen LogP contribution in [0.4, 0.5) is 0 Å². The van der Waals surface area contributed by atoms with Gasteiger partial charge in [0.05, 0.1) is 4.90 Å². The van der Waals surface area contributed by atoms with Crippen molar-refractivity contribution in [3.63, 3.8) is 0 Å². The van der Waals surface area contributed by atoms with Gasteiger partial charge in [-0.05, 0) is 36.6 Å². The predicted molar refractivity (Wildman–Crippen MR) is 82.7 cm³/mol. The molecule has 20 heavy (non-hydrogen) atoms. The standard InChI is InChI=1S/C16H17ClO2S/c1-3-13-9-11-15(12-10-13)20(18,19)16(2,17)14-7-5-4-6-8-14/h4-12H,3H2,1-2H3. The summed E-state index contributed by atoms with van der Waals surface area (Å²) in [5.41, 5.74) is 1.67. The van der Waals surface area contributed by atoms with E-state index in [4.69, 9.17) is 11.6 Å². The molecule has 2 aromatic carbocycles. The normalized spacial score (nSPS) is 14.8. The van der Waals surface area contributed by atoms with Crippen LogP contribution in [0.3, 0.4) is 0 Å². The average molecular weight is 309 g/mol. The summed E-state index contributed by atoms with van der Waals surface area (Å²) < 4.78 is 24.0. The molecule has 0 aromatic heterocycles. The lowest BCUT2D eigenvalue weighted by Gasteiger charge is -2.23. The third-order valence-corrected chi connectivity index (χ3v) is 6.40. The van der Waals surface area contributed by atoms with Gasteiger partial charge in [0.2, 0.25) is 9.84 Å². The summed E-state index contributed by atoms with van der Waals surface area (Å²) in [6, 6.07) is 15.7. The number of hydrogen-bond donors (Lipinski definition) is 0. The summed E-state index contributed by atoms with van der Waals surface area (Å²) in [6.45, 7) is 3.55. The van der Waals surface area contributed by atoms with Crippen LogP contribution < -0.4 is 0 Å². The molecule has 2 nitrogen and oxygen atoms in total. The molecule has 0 aliphatic rings. The molecule has 0 radical (unpaired) electrons. The van der Waals surface area contributed by atoms with Gasteiger partial charge in [0.1, 0.15) is 0 Å². The molecule has 0 N–H and O–H groups in total. The lowest BCUT2D eigenvalue weighted by molar-refractivity contribution is 0.579. The van der Waals surface area contributed by atoms with E-state index in [0.29, 0.717) is 5.56 Å². The molecule has 0 bridgehead atoms. The zero-order valence-corrected chi connectivity index (χ0v) is 13.1. The molecule has 4 heteroatoms.